The number of hydrogen-bond acceptors (Lipinski definition) is 3. The lowest BCUT2D eigenvalue weighted by Crippen LogP contribution is -2.05. The van der Waals surface area contributed by atoms with Gasteiger partial charge < -0.3 is 10.2 Å². The average molecular weight is 291 g/mol. The van der Waals surface area contributed by atoms with Gasteiger partial charge in [-0.15, -0.1) is 0 Å². The fourth-order valence-electron chi connectivity index (χ4n) is 2.48. The van der Waals surface area contributed by atoms with Crippen LogP contribution in [0.2, 0.25) is 0 Å². The maximum absolute atomic E-state index is 10.9. The van der Waals surface area contributed by atoms with E-state index in [1.54, 1.807) is 6.92 Å². The van der Waals surface area contributed by atoms with Crippen molar-refractivity contribution in [2.45, 2.75) is 78.2 Å². The highest BCUT2D eigenvalue weighted by Gasteiger charge is 2.06. The predicted octanol–water partition coefficient (Wildman–Crippen LogP) is 3.96. The monoisotopic (exact) mass is 291 g/mol. The topological polar surface area (TPSA) is 58.7 Å². The summed E-state index contributed by atoms with van der Waals surface area (Å²) in [5.74, 6) is 0.288. The van der Waals surface area contributed by atoms with Crippen molar-refractivity contribution in [2.24, 2.45) is 0 Å². The Labute approximate surface area is 128 Å². The van der Waals surface area contributed by atoms with Gasteiger partial charge in [0, 0.05) is 18.7 Å². The van der Waals surface area contributed by atoms with Crippen LogP contribution in [0.4, 0.5) is 0 Å². The minimum Gasteiger partial charge on any atom is -0.313 e. The van der Waals surface area contributed by atoms with Crippen LogP contribution >= 0.6 is 0 Å². The Morgan fingerprint density at radius 2 is 2.10 bits per heavy atom. The summed E-state index contributed by atoms with van der Waals surface area (Å²) < 4.78 is 2.14. The summed E-state index contributed by atoms with van der Waals surface area (Å²) >= 11 is 0. The molecule has 0 saturated heterocycles. The molecule has 4 nitrogen and oxygen atoms in total. The van der Waals surface area contributed by atoms with Gasteiger partial charge in [0.15, 0.2) is 0 Å². The summed E-state index contributed by atoms with van der Waals surface area (Å²) in [5, 5.41) is 11.7. The third kappa shape index (κ3) is 7.21. The largest absolute Gasteiger partial charge is 0.313 e. The van der Waals surface area contributed by atoms with Crippen molar-refractivity contribution in [1.29, 1.82) is 5.41 Å². The van der Waals surface area contributed by atoms with Gasteiger partial charge in [0.1, 0.15) is 5.78 Å². The maximum atomic E-state index is 10.9. The first-order valence-corrected chi connectivity index (χ1v) is 8.21. The average Bonchev–Trinajstić information content (AvgIpc) is 2.85. The first-order valence-electron chi connectivity index (χ1n) is 8.21. The van der Waals surface area contributed by atoms with E-state index < -0.39 is 0 Å². The Bertz CT molecular complexity index is 437. The van der Waals surface area contributed by atoms with Gasteiger partial charge in [0.25, 0.3) is 0 Å². The van der Waals surface area contributed by atoms with Crippen LogP contribution in [0, 0.1) is 5.41 Å². The van der Waals surface area contributed by atoms with Gasteiger partial charge in [-0.25, -0.2) is 0 Å². The van der Waals surface area contributed by atoms with Gasteiger partial charge in [0.2, 0.25) is 0 Å². The van der Waals surface area contributed by atoms with Crippen LogP contribution < -0.4 is 0 Å². The molecule has 0 aromatic carbocycles. The zero-order chi connectivity index (χ0) is 15.5. The first kappa shape index (κ1) is 17.6. The summed E-state index contributed by atoms with van der Waals surface area (Å²) in [7, 11) is 0. The Kier molecular flexibility index (Phi) is 8.63. The molecule has 0 unspecified atom stereocenters. The highest BCUT2D eigenvalue weighted by molar-refractivity contribution is 5.75. The number of hydrogen-bond donors (Lipinski definition) is 1. The molecule has 0 radical (unpaired) electrons. The summed E-state index contributed by atoms with van der Waals surface area (Å²) in [5.41, 5.74) is 2.49. The van der Waals surface area contributed by atoms with Crippen molar-refractivity contribution >= 4 is 12.0 Å². The second-order valence-corrected chi connectivity index (χ2v) is 5.67. The zero-order valence-corrected chi connectivity index (χ0v) is 13.5. The van der Waals surface area contributed by atoms with Gasteiger partial charge >= 0.3 is 0 Å². The van der Waals surface area contributed by atoms with Crippen LogP contribution in [0.25, 0.3) is 0 Å². The minimum atomic E-state index is 0.288. The van der Waals surface area contributed by atoms with Crippen LogP contribution in [-0.2, 0) is 24.2 Å². The lowest BCUT2D eigenvalue weighted by atomic mass is 10.1. The number of unbranched alkanes of at least 4 members (excludes halogenated alkanes) is 4. The maximum Gasteiger partial charge on any atom is 0.129 e. The number of rotatable bonds is 12. The van der Waals surface area contributed by atoms with Crippen molar-refractivity contribution in [3.63, 3.8) is 0 Å². The van der Waals surface area contributed by atoms with E-state index in [0.717, 1.165) is 57.9 Å². The molecule has 0 bridgehead atoms. The van der Waals surface area contributed by atoms with E-state index in [-0.39, 0.29) is 5.78 Å². The molecule has 0 amide bonds. The van der Waals surface area contributed by atoms with Crippen molar-refractivity contribution in [3.05, 3.63) is 17.5 Å². The normalized spacial score (nSPS) is 10.8. The van der Waals surface area contributed by atoms with Gasteiger partial charge in [-0.1, -0.05) is 13.3 Å². The number of Topliss-reactive ketones (excluding diaryl/α,β-unsaturated/α-hetero) is 1. The third-order valence-electron chi connectivity index (χ3n) is 3.71. The molecule has 0 aliphatic carbocycles. The second-order valence-electron chi connectivity index (χ2n) is 5.67. The standard InChI is InChI=1S/C17H29N3O/c1-3-17-14-16(11-7-4-8-12-18)19-20(17)13-9-5-6-10-15(2)21/h12,14,18H,3-11,13H2,1-2H3. The Balaban J connectivity index is 2.36. The summed E-state index contributed by atoms with van der Waals surface area (Å²) in [6.07, 6.45) is 10.4. The summed E-state index contributed by atoms with van der Waals surface area (Å²) in [4.78, 5) is 10.9. The number of ketones is 1. The number of aryl methyl sites for hydroxylation is 3. The van der Waals surface area contributed by atoms with E-state index in [2.05, 4.69) is 17.7 Å². The van der Waals surface area contributed by atoms with Crippen LogP contribution in [0.5, 0.6) is 0 Å². The lowest BCUT2D eigenvalue weighted by molar-refractivity contribution is -0.117. The summed E-state index contributed by atoms with van der Waals surface area (Å²) in [6.45, 7) is 4.79. The molecule has 0 aliphatic heterocycles. The molecule has 0 spiro atoms. The molecule has 21 heavy (non-hydrogen) atoms. The molecule has 118 valence electrons. The molecule has 1 aromatic heterocycles. The Morgan fingerprint density at radius 1 is 1.29 bits per heavy atom. The van der Waals surface area contributed by atoms with Gasteiger partial charge in [-0.2, -0.15) is 5.10 Å². The van der Waals surface area contributed by atoms with Crippen molar-refractivity contribution in [3.8, 4) is 0 Å². The first-order chi connectivity index (χ1) is 10.2. The van der Waals surface area contributed by atoms with Crippen molar-refractivity contribution in [1.82, 2.24) is 9.78 Å². The van der Waals surface area contributed by atoms with Gasteiger partial charge in [0.05, 0.1) is 5.69 Å². The number of aromatic nitrogens is 2. The SMILES string of the molecule is CCc1cc(CCCCC=N)nn1CCCCCC(C)=O. The van der Waals surface area contributed by atoms with Crippen LogP contribution in [-0.4, -0.2) is 21.8 Å². The van der Waals surface area contributed by atoms with Crippen molar-refractivity contribution in [2.75, 3.05) is 0 Å². The van der Waals surface area contributed by atoms with E-state index in [4.69, 9.17) is 10.5 Å². The molecular formula is C17H29N3O. The predicted molar refractivity (Wildman–Crippen MR) is 87.1 cm³/mol. The highest BCUT2D eigenvalue weighted by Crippen LogP contribution is 2.11. The van der Waals surface area contributed by atoms with Gasteiger partial charge in [-0.05, 0) is 64.2 Å². The van der Waals surface area contributed by atoms with E-state index >= 15 is 0 Å². The minimum absolute atomic E-state index is 0.288. The molecular weight excluding hydrogens is 262 g/mol. The Morgan fingerprint density at radius 3 is 2.76 bits per heavy atom. The van der Waals surface area contributed by atoms with E-state index in [0.29, 0.717) is 6.42 Å². The molecule has 0 atom stereocenters. The fourth-order valence-corrected chi connectivity index (χ4v) is 2.48. The lowest BCUT2D eigenvalue weighted by Gasteiger charge is -2.05. The molecule has 4 heteroatoms. The Hall–Kier alpha value is -1.45. The van der Waals surface area contributed by atoms with Crippen molar-refractivity contribution < 1.29 is 4.79 Å². The number of nitrogens with zero attached hydrogens (tertiary/aromatic N) is 2. The number of nitrogens with one attached hydrogen (secondary N) is 1. The van der Waals surface area contributed by atoms with E-state index in [1.807, 2.05) is 0 Å². The van der Waals surface area contributed by atoms with Crippen LogP contribution in [0.3, 0.4) is 0 Å². The highest BCUT2D eigenvalue weighted by atomic mass is 16.1. The van der Waals surface area contributed by atoms with E-state index in [1.165, 1.54) is 17.6 Å². The molecule has 1 N–H and O–H groups in total. The van der Waals surface area contributed by atoms with E-state index in [9.17, 15) is 4.79 Å². The number of carbonyl (C=O) groups is 1. The molecule has 0 aliphatic rings. The molecule has 0 fully saturated rings. The molecule has 1 heterocycles. The molecule has 1 aromatic rings. The molecule has 0 saturated carbocycles. The third-order valence-corrected chi connectivity index (χ3v) is 3.71. The zero-order valence-electron chi connectivity index (χ0n) is 13.5. The molecule has 1 rings (SSSR count). The summed E-state index contributed by atoms with van der Waals surface area (Å²) in [6, 6.07) is 2.22. The smallest absolute Gasteiger partial charge is 0.129 e. The fraction of sp³-hybridized carbons (Fsp3) is 0.706. The number of carbonyl (C=O) groups excluding carboxylic acids is 1. The second kappa shape index (κ2) is 10.3. The van der Waals surface area contributed by atoms with Gasteiger partial charge in [-0.3, -0.25) is 4.68 Å². The quantitative estimate of drug-likeness (QED) is 0.468. The van der Waals surface area contributed by atoms with Crippen LogP contribution in [0.15, 0.2) is 6.07 Å². The van der Waals surface area contributed by atoms with Crippen LogP contribution in [0.1, 0.15) is 70.2 Å².